The van der Waals surface area contributed by atoms with E-state index >= 15 is 0 Å². The van der Waals surface area contributed by atoms with E-state index in [4.69, 9.17) is 15.6 Å². The average Bonchev–Trinajstić information content (AvgIpc) is 2.27. The van der Waals surface area contributed by atoms with Gasteiger partial charge in [0.25, 0.3) is 5.91 Å². The number of hydrogen-bond acceptors (Lipinski definition) is 4. The molecule has 0 saturated heterocycles. The van der Waals surface area contributed by atoms with E-state index in [9.17, 15) is 9.59 Å². The lowest BCUT2D eigenvalue weighted by Crippen LogP contribution is -2.18. The molecule has 0 radical (unpaired) electrons. The van der Waals surface area contributed by atoms with Gasteiger partial charge in [0, 0.05) is 12.2 Å². The van der Waals surface area contributed by atoms with Crippen LogP contribution in [0.4, 0.5) is 5.69 Å². The summed E-state index contributed by atoms with van der Waals surface area (Å²) in [6, 6.07) is 5.25. The summed E-state index contributed by atoms with van der Waals surface area (Å²) < 4.78 is 4.87. The van der Waals surface area contributed by atoms with Crippen LogP contribution in [-0.2, 0) is 9.53 Å². The Balaban J connectivity index is 2.53. The van der Waals surface area contributed by atoms with Gasteiger partial charge in [-0.2, -0.15) is 0 Å². The first-order valence-electron chi connectivity index (χ1n) is 5.44. The molecular formula is C12H16N2O4. The van der Waals surface area contributed by atoms with Gasteiger partial charge in [-0.25, -0.2) is 4.79 Å². The summed E-state index contributed by atoms with van der Waals surface area (Å²) in [7, 11) is 0. The van der Waals surface area contributed by atoms with Gasteiger partial charge in [0.05, 0.1) is 12.2 Å². The molecule has 98 valence electrons. The van der Waals surface area contributed by atoms with E-state index in [-0.39, 0.29) is 13.2 Å². The highest BCUT2D eigenvalue weighted by Crippen LogP contribution is 2.16. The van der Waals surface area contributed by atoms with Crippen molar-refractivity contribution < 1.29 is 19.4 Å². The van der Waals surface area contributed by atoms with E-state index in [2.05, 4.69) is 5.32 Å². The van der Waals surface area contributed by atoms with E-state index in [1.165, 1.54) is 0 Å². The quantitative estimate of drug-likeness (QED) is 0.617. The second-order valence-electron chi connectivity index (χ2n) is 3.79. The van der Waals surface area contributed by atoms with E-state index in [0.29, 0.717) is 17.8 Å². The Labute approximate surface area is 105 Å². The minimum Gasteiger partial charge on any atom is -0.480 e. The van der Waals surface area contributed by atoms with Crippen molar-refractivity contribution in [3.63, 3.8) is 0 Å². The van der Waals surface area contributed by atoms with E-state index < -0.39 is 11.9 Å². The molecule has 0 saturated carbocycles. The number of amides is 1. The van der Waals surface area contributed by atoms with Crippen LogP contribution in [0.15, 0.2) is 18.2 Å². The summed E-state index contributed by atoms with van der Waals surface area (Å²) >= 11 is 0. The van der Waals surface area contributed by atoms with E-state index in [0.717, 1.165) is 5.56 Å². The maximum absolute atomic E-state index is 11.2. The largest absolute Gasteiger partial charge is 0.480 e. The third kappa shape index (κ3) is 4.42. The zero-order valence-electron chi connectivity index (χ0n) is 10.1. The van der Waals surface area contributed by atoms with Crippen molar-refractivity contribution >= 4 is 17.6 Å². The molecule has 6 heteroatoms. The SMILES string of the molecule is Cc1ccc(C(N)=O)c(NCCOCC(=O)O)c1. The number of ether oxygens (including phenoxy) is 1. The highest BCUT2D eigenvalue weighted by Gasteiger charge is 2.07. The molecule has 0 aliphatic carbocycles. The Hall–Kier alpha value is -2.08. The van der Waals surface area contributed by atoms with Crippen LogP contribution in [0.25, 0.3) is 0 Å². The number of aryl methyl sites for hydroxylation is 1. The Morgan fingerprint density at radius 3 is 2.78 bits per heavy atom. The molecule has 0 spiro atoms. The Morgan fingerprint density at radius 2 is 2.17 bits per heavy atom. The predicted octanol–water partition coefficient (Wildman–Crippen LogP) is 0.607. The van der Waals surface area contributed by atoms with Gasteiger partial charge in [-0.1, -0.05) is 6.07 Å². The highest BCUT2D eigenvalue weighted by atomic mass is 16.5. The van der Waals surface area contributed by atoms with Gasteiger partial charge < -0.3 is 20.9 Å². The number of benzene rings is 1. The number of carbonyl (C=O) groups excluding carboxylic acids is 1. The van der Waals surface area contributed by atoms with Crippen molar-refractivity contribution in [3.05, 3.63) is 29.3 Å². The highest BCUT2D eigenvalue weighted by molar-refractivity contribution is 5.98. The summed E-state index contributed by atoms with van der Waals surface area (Å²) in [6.45, 7) is 2.20. The molecule has 0 aliphatic heterocycles. The Kier molecular flexibility index (Phi) is 5.13. The summed E-state index contributed by atoms with van der Waals surface area (Å²) in [4.78, 5) is 21.4. The number of primary amides is 1. The number of rotatable bonds is 7. The number of anilines is 1. The number of carbonyl (C=O) groups is 2. The molecule has 1 aromatic rings. The lowest BCUT2D eigenvalue weighted by molar-refractivity contribution is -0.142. The standard InChI is InChI=1S/C12H16N2O4/c1-8-2-3-9(12(13)17)10(6-8)14-4-5-18-7-11(15)16/h2-3,6,14H,4-5,7H2,1H3,(H2,13,17)(H,15,16). The summed E-state index contributed by atoms with van der Waals surface area (Å²) in [5.41, 5.74) is 7.27. The number of carboxylic acid groups (broad SMARTS) is 1. The molecule has 1 rings (SSSR count). The first-order valence-corrected chi connectivity index (χ1v) is 5.44. The molecule has 4 N–H and O–H groups in total. The third-order valence-electron chi connectivity index (χ3n) is 2.23. The second kappa shape index (κ2) is 6.61. The number of hydrogen-bond donors (Lipinski definition) is 3. The first-order chi connectivity index (χ1) is 8.50. The zero-order valence-corrected chi connectivity index (χ0v) is 10.1. The normalized spacial score (nSPS) is 10.1. The van der Waals surface area contributed by atoms with Crippen LogP contribution in [0.3, 0.4) is 0 Å². The maximum atomic E-state index is 11.2. The van der Waals surface area contributed by atoms with Crippen molar-refractivity contribution in [3.8, 4) is 0 Å². The van der Waals surface area contributed by atoms with Gasteiger partial charge in [0.15, 0.2) is 0 Å². The fraction of sp³-hybridized carbons (Fsp3) is 0.333. The smallest absolute Gasteiger partial charge is 0.329 e. The molecule has 0 heterocycles. The number of nitrogens with one attached hydrogen (secondary N) is 1. The van der Waals surface area contributed by atoms with Gasteiger partial charge >= 0.3 is 5.97 Å². The molecule has 0 aliphatic rings. The van der Waals surface area contributed by atoms with Gasteiger partial charge in [0.2, 0.25) is 0 Å². The van der Waals surface area contributed by atoms with Crippen LogP contribution < -0.4 is 11.1 Å². The fourth-order valence-corrected chi connectivity index (χ4v) is 1.44. The molecule has 0 aromatic heterocycles. The lowest BCUT2D eigenvalue weighted by atomic mass is 10.1. The molecule has 0 fully saturated rings. The second-order valence-corrected chi connectivity index (χ2v) is 3.79. The van der Waals surface area contributed by atoms with Gasteiger partial charge in [0.1, 0.15) is 6.61 Å². The molecule has 1 aromatic carbocycles. The molecule has 0 unspecified atom stereocenters. The minimum absolute atomic E-state index is 0.235. The zero-order chi connectivity index (χ0) is 13.5. The summed E-state index contributed by atoms with van der Waals surface area (Å²) in [5.74, 6) is -1.52. The monoisotopic (exact) mass is 252 g/mol. The molecule has 0 atom stereocenters. The summed E-state index contributed by atoms with van der Waals surface area (Å²) in [6.07, 6.45) is 0. The van der Waals surface area contributed by atoms with Crippen LogP contribution in [0.1, 0.15) is 15.9 Å². The summed E-state index contributed by atoms with van der Waals surface area (Å²) in [5, 5.41) is 11.4. The number of aliphatic carboxylic acids is 1. The van der Waals surface area contributed by atoms with Crippen molar-refractivity contribution in [2.75, 3.05) is 25.1 Å². The van der Waals surface area contributed by atoms with Gasteiger partial charge in [-0.05, 0) is 24.6 Å². The van der Waals surface area contributed by atoms with Gasteiger partial charge in [-0.15, -0.1) is 0 Å². The molecule has 18 heavy (non-hydrogen) atoms. The molecule has 1 amide bonds. The maximum Gasteiger partial charge on any atom is 0.329 e. The van der Waals surface area contributed by atoms with Crippen LogP contribution >= 0.6 is 0 Å². The first kappa shape index (κ1) is 14.0. The minimum atomic E-state index is -1.01. The van der Waals surface area contributed by atoms with Crippen molar-refractivity contribution in [2.45, 2.75) is 6.92 Å². The van der Waals surface area contributed by atoms with Crippen molar-refractivity contribution in [2.24, 2.45) is 5.73 Å². The van der Waals surface area contributed by atoms with Crippen LogP contribution in [0.2, 0.25) is 0 Å². The Bertz CT molecular complexity index is 446. The molecule has 0 bridgehead atoms. The third-order valence-corrected chi connectivity index (χ3v) is 2.23. The van der Waals surface area contributed by atoms with Gasteiger partial charge in [-0.3, -0.25) is 4.79 Å². The molecular weight excluding hydrogens is 236 g/mol. The van der Waals surface area contributed by atoms with E-state index in [1.54, 1.807) is 18.2 Å². The topological polar surface area (TPSA) is 102 Å². The number of nitrogens with two attached hydrogens (primary N) is 1. The van der Waals surface area contributed by atoms with Crippen molar-refractivity contribution in [1.82, 2.24) is 0 Å². The van der Waals surface area contributed by atoms with Crippen LogP contribution in [0.5, 0.6) is 0 Å². The lowest BCUT2D eigenvalue weighted by Gasteiger charge is -2.10. The molecule has 6 nitrogen and oxygen atoms in total. The Morgan fingerprint density at radius 1 is 1.44 bits per heavy atom. The van der Waals surface area contributed by atoms with Crippen LogP contribution in [0, 0.1) is 6.92 Å². The average molecular weight is 252 g/mol. The predicted molar refractivity (Wildman–Crippen MR) is 66.6 cm³/mol. The van der Waals surface area contributed by atoms with E-state index in [1.807, 2.05) is 6.92 Å². The van der Waals surface area contributed by atoms with Crippen LogP contribution in [-0.4, -0.2) is 36.7 Å². The number of carboxylic acids is 1. The fourth-order valence-electron chi connectivity index (χ4n) is 1.44. The van der Waals surface area contributed by atoms with Crippen molar-refractivity contribution in [1.29, 1.82) is 0 Å².